The molecule has 1 heterocycles. The third-order valence-corrected chi connectivity index (χ3v) is 1.70. The molecule has 1 aliphatic heterocycles. The first-order chi connectivity index (χ1) is 4.62. The van der Waals surface area contributed by atoms with Crippen LogP contribution in [-0.4, -0.2) is 34.9 Å². The summed E-state index contributed by atoms with van der Waals surface area (Å²) in [5, 5.41) is 20.7. The zero-order chi connectivity index (χ0) is 7.61. The molecule has 3 N–H and O–H groups in total. The van der Waals surface area contributed by atoms with E-state index in [0.29, 0.717) is 19.5 Å². The first kappa shape index (κ1) is 7.50. The minimum Gasteiger partial charge on any atom is -0.481 e. The second kappa shape index (κ2) is 2.56. The highest BCUT2D eigenvalue weighted by Crippen LogP contribution is 2.17. The zero-order valence-electron chi connectivity index (χ0n) is 5.63. The Labute approximate surface area is 58.9 Å². The van der Waals surface area contributed by atoms with Crippen LogP contribution >= 0.6 is 0 Å². The molecule has 0 radical (unpaired) electrons. The van der Waals surface area contributed by atoms with Crippen LogP contribution in [0, 0.1) is 0 Å². The van der Waals surface area contributed by atoms with E-state index in [1.165, 1.54) is 0 Å². The second-order valence-electron chi connectivity index (χ2n) is 2.72. The van der Waals surface area contributed by atoms with Gasteiger partial charge in [0.2, 0.25) is 0 Å². The van der Waals surface area contributed by atoms with E-state index in [1.807, 2.05) is 0 Å². The van der Waals surface area contributed by atoms with Crippen molar-refractivity contribution in [2.24, 2.45) is 0 Å². The van der Waals surface area contributed by atoms with Gasteiger partial charge in [-0.3, -0.25) is 4.79 Å². The van der Waals surface area contributed by atoms with Gasteiger partial charge >= 0.3 is 5.97 Å². The average Bonchev–Trinajstić information content (AvgIpc) is 2.12. The van der Waals surface area contributed by atoms with E-state index >= 15 is 0 Å². The van der Waals surface area contributed by atoms with Crippen molar-refractivity contribution in [3.05, 3.63) is 0 Å². The summed E-state index contributed by atoms with van der Waals surface area (Å²) in [5.41, 5.74) is -0.994. The molecular weight excluding hydrogens is 134 g/mol. The summed E-state index contributed by atoms with van der Waals surface area (Å²) in [6, 6.07) is 0. The van der Waals surface area contributed by atoms with Gasteiger partial charge in [-0.15, -0.1) is 0 Å². The van der Waals surface area contributed by atoms with E-state index in [1.54, 1.807) is 0 Å². The van der Waals surface area contributed by atoms with Crippen LogP contribution in [0.15, 0.2) is 0 Å². The summed E-state index contributed by atoms with van der Waals surface area (Å²) in [6.07, 6.45) is 0.388. The highest BCUT2D eigenvalue weighted by atomic mass is 16.4. The topological polar surface area (TPSA) is 69.6 Å². The van der Waals surface area contributed by atoms with Gasteiger partial charge in [0, 0.05) is 6.54 Å². The molecule has 0 bridgehead atoms. The molecule has 1 aliphatic rings. The summed E-state index contributed by atoms with van der Waals surface area (Å²) < 4.78 is 0. The lowest BCUT2D eigenvalue weighted by Crippen LogP contribution is -2.33. The molecule has 0 aromatic carbocycles. The molecule has 0 aliphatic carbocycles. The van der Waals surface area contributed by atoms with Gasteiger partial charge in [0.15, 0.2) is 0 Å². The largest absolute Gasteiger partial charge is 0.481 e. The molecule has 0 unspecified atom stereocenters. The predicted octanol–water partition coefficient (Wildman–Crippen LogP) is -0.814. The molecule has 0 aromatic heterocycles. The number of carboxylic acids is 1. The van der Waals surface area contributed by atoms with Crippen LogP contribution in [0.2, 0.25) is 0 Å². The zero-order valence-corrected chi connectivity index (χ0v) is 5.63. The van der Waals surface area contributed by atoms with Crippen molar-refractivity contribution in [1.82, 2.24) is 5.32 Å². The Morgan fingerprint density at radius 3 is 2.80 bits per heavy atom. The number of carboxylic acid groups (broad SMARTS) is 1. The van der Waals surface area contributed by atoms with Crippen LogP contribution in [0.25, 0.3) is 0 Å². The molecule has 0 spiro atoms. The Morgan fingerprint density at radius 2 is 2.40 bits per heavy atom. The van der Waals surface area contributed by atoms with Crippen LogP contribution < -0.4 is 5.32 Å². The number of aliphatic hydroxyl groups is 1. The SMILES string of the molecule is O=C(O)C[C@]1(O)CCNC1. The fraction of sp³-hybridized carbons (Fsp3) is 0.833. The van der Waals surface area contributed by atoms with E-state index in [-0.39, 0.29) is 6.42 Å². The highest BCUT2D eigenvalue weighted by Gasteiger charge is 2.33. The van der Waals surface area contributed by atoms with Gasteiger partial charge in [0.05, 0.1) is 12.0 Å². The summed E-state index contributed by atoms with van der Waals surface area (Å²) >= 11 is 0. The van der Waals surface area contributed by atoms with E-state index in [9.17, 15) is 9.90 Å². The smallest absolute Gasteiger partial charge is 0.306 e. The fourth-order valence-electron chi connectivity index (χ4n) is 1.16. The van der Waals surface area contributed by atoms with Crippen LogP contribution in [0.3, 0.4) is 0 Å². The molecule has 0 aromatic rings. The highest BCUT2D eigenvalue weighted by molar-refractivity contribution is 5.68. The van der Waals surface area contributed by atoms with Crippen LogP contribution in [0.5, 0.6) is 0 Å². The first-order valence-corrected chi connectivity index (χ1v) is 3.27. The summed E-state index contributed by atoms with van der Waals surface area (Å²) in [5.74, 6) is -0.939. The number of carbonyl (C=O) groups is 1. The van der Waals surface area contributed by atoms with E-state index in [4.69, 9.17) is 5.11 Å². The Morgan fingerprint density at radius 1 is 1.70 bits per heavy atom. The number of rotatable bonds is 2. The molecule has 10 heavy (non-hydrogen) atoms. The predicted molar refractivity (Wildman–Crippen MR) is 34.7 cm³/mol. The fourth-order valence-corrected chi connectivity index (χ4v) is 1.16. The molecule has 0 saturated carbocycles. The van der Waals surface area contributed by atoms with E-state index in [0.717, 1.165) is 0 Å². The molecular formula is C6H11NO3. The maximum atomic E-state index is 10.2. The first-order valence-electron chi connectivity index (χ1n) is 3.27. The minimum absolute atomic E-state index is 0.153. The van der Waals surface area contributed by atoms with Crippen LogP contribution in [-0.2, 0) is 4.79 Å². The van der Waals surface area contributed by atoms with Gasteiger partial charge in [-0.2, -0.15) is 0 Å². The molecule has 0 amide bonds. The van der Waals surface area contributed by atoms with E-state index in [2.05, 4.69) is 5.32 Å². The number of nitrogens with one attached hydrogen (secondary N) is 1. The number of hydrogen-bond acceptors (Lipinski definition) is 3. The monoisotopic (exact) mass is 145 g/mol. The van der Waals surface area contributed by atoms with E-state index < -0.39 is 11.6 Å². The lowest BCUT2D eigenvalue weighted by molar-refractivity contribution is -0.141. The minimum atomic E-state index is -0.994. The Bertz CT molecular complexity index is 140. The summed E-state index contributed by atoms with van der Waals surface area (Å²) in [7, 11) is 0. The summed E-state index contributed by atoms with van der Waals surface area (Å²) in [4.78, 5) is 10.2. The number of hydrogen-bond donors (Lipinski definition) is 3. The van der Waals surface area contributed by atoms with Crippen LogP contribution in [0.1, 0.15) is 12.8 Å². The van der Waals surface area contributed by atoms with Crippen molar-refractivity contribution in [2.45, 2.75) is 18.4 Å². The lowest BCUT2D eigenvalue weighted by Gasteiger charge is -2.17. The average molecular weight is 145 g/mol. The third kappa shape index (κ3) is 1.68. The van der Waals surface area contributed by atoms with Crippen molar-refractivity contribution >= 4 is 5.97 Å². The van der Waals surface area contributed by atoms with Gasteiger partial charge in [-0.1, -0.05) is 0 Å². The molecule has 1 atom stereocenters. The van der Waals surface area contributed by atoms with Gasteiger partial charge in [-0.05, 0) is 13.0 Å². The second-order valence-corrected chi connectivity index (χ2v) is 2.72. The van der Waals surface area contributed by atoms with Crippen molar-refractivity contribution < 1.29 is 15.0 Å². The molecule has 4 nitrogen and oxygen atoms in total. The van der Waals surface area contributed by atoms with Crippen molar-refractivity contribution in [3.63, 3.8) is 0 Å². The number of aliphatic carboxylic acids is 1. The van der Waals surface area contributed by atoms with Gasteiger partial charge < -0.3 is 15.5 Å². The van der Waals surface area contributed by atoms with Gasteiger partial charge in [0.25, 0.3) is 0 Å². The maximum Gasteiger partial charge on any atom is 0.306 e. The van der Waals surface area contributed by atoms with Crippen molar-refractivity contribution in [3.8, 4) is 0 Å². The lowest BCUT2D eigenvalue weighted by atomic mass is 9.99. The molecule has 58 valence electrons. The van der Waals surface area contributed by atoms with Gasteiger partial charge in [-0.25, -0.2) is 0 Å². The third-order valence-electron chi connectivity index (χ3n) is 1.70. The Hall–Kier alpha value is -0.610. The van der Waals surface area contributed by atoms with Crippen LogP contribution in [0.4, 0.5) is 0 Å². The van der Waals surface area contributed by atoms with Crippen molar-refractivity contribution in [1.29, 1.82) is 0 Å². The molecule has 1 rings (SSSR count). The van der Waals surface area contributed by atoms with Gasteiger partial charge in [0.1, 0.15) is 0 Å². The Balaban J connectivity index is 2.43. The number of β-amino-alcohol motifs (C(OH)–C–C–N with tert-alkyl or cyclic N) is 1. The maximum absolute atomic E-state index is 10.2. The quantitative estimate of drug-likeness (QED) is 0.475. The van der Waals surface area contributed by atoms with Crippen molar-refractivity contribution in [2.75, 3.05) is 13.1 Å². The molecule has 1 saturated heterocycles. The Kier molecular flexibility index (Phi) is 1.92. The normalized spacial score (nSPS) is 32.5. The molecule has 1 fully saturated rings. The standard InChI is InChI=1S/C6H11NO3/c8-5(9)3-6(10)1-2-7-4-6/h7,10H,1-4H2,(H,8,9)/t6-/m1/s1. The molecule has 4 heteroatoms. The summed E-state index contributed by atoms with van der Waals surface area (Å²) in [6.45, 7) is 1.11.